The molecular formula is C13H14F2N4. The molecule has 0 spiro atoms. The summed E-state index contributed by atoms with van der Waals surface area (Å²) >= 11 is 0. The van der Waals surface area contributed by atoms with Gasteiger partial charge in [0.1, 0.15) is 23.1 Å². The van der Waals surface area contributed by atoms with E-state index in [-0.39, 0.29) is 5.69 Å². The van der Waals surface area contributed by atoms with Crippen LogP contribution in [0.5, 0.6) is 0 Å². The predicted octanol–water partition coefficient (Wildman–Crippen LogP) is 3.24. The van der Waals surface area contributed by atoms with E-state index >= 15 is 0 Å². The SMILES string of the molecule is CCNc1nc(C)cc(Nc2c(F)cccc2F)n1. The lowest BCUT2D eigenvalue weighted by molar-refractivity contribution is 0.590. The van der Waals surface area contributed by atoms with Crippen LogP contribution in [0.1, 0.15) is 12.6 Å². The number of aromatic nitrogens is 2. The molecule has 2 N–H and O–H groups in total. The Morgan fingerprint density at radius 1 is 1.16 bits per heavy atom. The maximum Gasteiger partial charge on any atom is 0.224 e. The molecule has 19 heavy (non-hydrogen) atoms. The van der Waals surface area contributed by atoms with Crippen LogP contribution in [0.2, 0.25) is 0 Å². The summed E-state index contributed by atoms with van der Waals surface area (Å²) in [5.74, 6) is -0.572. The second kappa shape index (κ2) is 5.60. The molecule has 2 rings (SSSR count). The Morgan fingerprint density at radius 2 is 1.84 bits per heavy atom. The zero-order valence-electron chi connectivity index (χ0n) is 10.7. The Hall–Kier alpha value is -2.24. The van der Waals surface area contributed by atoms with Crippen LogP contribution in [0.15, 0.2) is 24.3 Å². The zero-order chi connectivity index (χ0) is 13.8. The molecule has 2 aromatic rings. The van der Waals surface area contributed by atoms with Crippen LogP contribution in [0.25, 0.3) is 0 Å². The fourth-order valence-electron chi connectivity index (χ4n) is 1.62. The highest BCUT2D eigenvalue weighted by Crippen LogP contribution is 2.22. The third-order valence-corrected chi connectivity index (χ3v) is 2.40. The molecule has 0 amide bonds. The van der Waals surface area contributed by atoms with Crippen molar-refractivity contribution in [2.75, 3.05) is 17.2 Å². The molecule has 0 aliphatic carbocycles. The van der Waals surface area contributed by atoms with E-state index in [1.54, 1.807) is 13.0 Å². The number of hydrogen-bond donors (Lipinski definition) is 2. The van der Waals surface area contributed by atoms with Gasteiger partial charge in [0.2, 0.25) is 5.95 Å². The second-order valence-electron chi connectivity index (χ2n) is 3.97. The first kappa shape index (κ1) is 13.2. The number of rotatable bonds is 4. The summed E-state index contributed by atoms with van der Waals surface area (Å²) in [6.07, 6.45) is 0. The van der Waals surface area contributed by atoms with Gasteiger partial charge in [-0.2, -0.15) is 4.98 Å². The Balaban J connectivity index is 2.33. The molecule has 0 aliphatic heterocycles. The van der Waals surface area contributed by atoms with E-state index in [4.69, 9.17) is 0 Å². The molecule has 0 bridgehead atoms. The number of para-hydroxylation sites is 1. The molecule has 0 fully saturated rings. The summed E-state index contributed by atoms with van der Waals surface area (Å²) in [7, 11) is 0. The Kier molecular flexibility index (Phi) is 3.89. The van der Waals surface area contributed by atoms with E-state index < -0.39 is 11.6 Å². The lowest BCUT2D eigenvalue weighted by atomic mass is 10.3. The van der Waals surface area contributed by atoms with E-state index in [0.29, 0.717) is 24.0 Å². The second-order valence-corrected chi connectivity index (χ2v) is 3.97. The van der Waals surface area contributed by atoms with Crippen molar-refractivity contribution in [1.29, 1.82) is 0 Å². The van der Waals surface area contributed by atoms with Crippen molar-refractivity contribution in [3.8, 4) is 0 Å². The number of aryl methyl sites for hydroxylation is 1. The van der Waals surface area contributed by atoms with Gasteiger partial charge in [0.25, 0.3) is 0 Å². The highest BCUT2D eigenvalue weighted by atomic mass is 19.1. The van der Waals surface area contributed by atoms with Gasteiger partial charge in [-0.3, -0.25) is 0 Å². The number of benzene rings is 1. The first-order valence-electron chi connectivity index (χ1n) is 5.90. The van der Waals surface area contributed by atoms with Gasteiger partial charge in [-0.25, -0.2) is 13.8 Å². The fourth-order valence-corrected chi connectivity index (χ4v) is 1.62. The third-order valence-electron chi connectivity index (χ3n) is 2.40. The maximum atomic E-state index is 13.5. The number of hydrogen-bond acceptors (Lipinski definition) is 4. The highest BCUT2D eigenvalue weighted by molar-refractivity contribution is 5.58. The number of anilines is 3. The van der Waals surface area contributed by atoms with Crippen molar-refractivity contribution < 1.29 is 8.78 Å². The average molecular weight is 264 g/mol. The molecule has 100 valence electrons. The van der Waals surface area contributed by atoms with Crippen molar-refractivity contribution in [1.82, 2.24) is 9.97 Å². The quantitative estimate of drug-likeness (QED) is 0.890. The maximum absolute atomic E-state index is 13.5. The molecule has 0 saturated heterocycles. The molecule has 6 heteroatoms. The summed E-state index contributed by atoms with van der Waals surface area (Å²) in [5, 5.41) is 5.59. The molecule has 1 heterocycles. The molecule has 0 unspecified atom stereocenters. The van der Waals surface area contributed by atoms with Crippen LogP contribution >= 0.6 is 0 Å². The van der Waals surface area contributed by atoms with Crippen molar-refractivity contribution in [2.45, 2.75) is 13.8 Å². The fraction of sp³-hybridized carbons (Fsp3) is 0.231. The summed E-state index contributed by atoms with van der Waals surface area (Å²) in [6, 6.07) is 5.30. The average Bonchev–Trinajstić information content (AvgIpc) is 2.34. The van der Waals surface area contributed by atoms with Crippen molar-refractivity contribution in [3.05, 3.63) is 41.6 Å². The predicted molar refractivity (Wildman–Crippen MR) is 70.6 cm³/mol. The van der Waals surface area contributed by atoms with Gasteiger partial charge in [-0.15, -0.1) is 0 Å². The Bertz CT molecular complexity index is 567. The third kappa shape index (κ3) is 3.15. The van der Waals surface area contributed by atoms with Gasteiger partial charge >= 0.3 is 0 Å². The molecule has 4 nitrogen and oxygen atoms in total. The standard InChI is InChI=1S/C13H14F2N4/c1-3-16-13-17-8(2)7-11(19-13)18-12-9(14)5-4-6-10(12)15/h4-7H,3H2,1-2H3,(H2,16,17,18,19). The molecule has 1 aromatic heterocycles. The van der Waals surface area contributed by atoms with Gasteiger partial charge in [-0.1, -0.05) is 6.07 Å². The normalized spacial score (nSPS) is 10.3. The Labute approximate surface area is 109 Å². The van der Waals surface area contributed by atoms with Gasteiger partial charge in [0, 0.05) is 18.3 Å². The molecule has 0 radical (unpaired) electrons. The summed E-state index contributed by atoms with van der Waals surface area (Å²) < 4.78 is 27.0. The molecule has 0 saturated carbocycles. The van der Waals surface area contributed by atoms with E-state index in [1.807, 2.05) is 6.92 Å². The monoisotopic (exact) mass is 264 g/mol. The van der Waals surface area contributed by atoms with Gasteiger partial charge in [-0.05, 0) is 26.0 Å². The minimum Gasteiger partial charge on any atom is -0.354 e. The molecule has 1 aromatic carbocycles. The van der Waals surface area contributed by atoms with Crippen molar-refractivity contribution >= 4 is 17.5 Å². The number of nitrogens with zero attached hydrogens (tertiary/aromatic N) is 2. The van der Waals surface area contributed by atoms with Crippen LogP contribution in [-0.4, -0.2) is 16.5 Å². The van der Waals surface area contributed by atoms with E-state index in [0.717, 1.165) is 0 Å². The molecular weight excluding hydrogens is 250 g/mol. The van der Waals surface area contributed by atoms with Gasteiger partial charge in [0.05, 0.1) is 0 Å². The topological polar surface area (TPSA) is 49.8 Å². The van der Waals surface area contributed by atoms with Crippen LogP contribution in [0.3, 0.4) is 0 Å². The highest BCUT2D eigenvalue weighted by Gasteiger charge is 2.10. The van der Waals surface area contributed by atoms with E-state index in [9.17, 15) is 8.78 Å². The summed E-state index contributed by atoms with van der Waals surface area (Å²) in [6.45, 7) is 4.36. The zero-order valence-corrected chi connectivity index (χ0v) is 10.7. The molecule has 0 atom stereocenters. The minimum atomic E-state index is -0.665. The van der Waals surface area contributed by atoms with Crippen LogP contribution in [0.4, 0.5) is 26.2 Å². The lowest BCUT2D eigenvalue weighted by Gasteiger charge is -2.10. The summed E-state index contributed by atoms with van der Waals surface area (Å²) in [4.78, 5) is 8.29. The Morgan fingerprint density at radius 3 is 2.47 bits per heavy atom. The smallest absolute Gasteiger partial charge is 0.224 e. The molecule has 0 aliphatic rings. The largest absolute Gasteiger partial charge is 0.354 e. The van der Waals surface area contributed by atoms with Gasteiger partial charge < -0.3 is 10.6 Å². The number of halogens is 2. The van der Waals surface area contributed by atoms with Crippen LogP contribution < -0.4 is 10.6 Å². The van der Waals surface area contributed by atoms with Crippen LogP contribution in [0, 0.1) is 18.6 Å². The number of nitrogens with one attached hydrogen (secondary N) is 2. The van der Waals surface area contributed by atoms with Crippen LogP contribution in [-0.2, 0) is 0 Å². The van der Waals surface area contributed by atoms with Crippen molar-refractivity contribution in [3.63, 3.8) is 0 Å². The summed E-state index contributed by atoms with van der Waals surface area (Å²) in [5.41, 5.74) is 0.480. The van der Waals surface area contributed by atoms with Crippen molar-refractivity contribution in [2.24, 2.45) is 0 Å². The lowest BCUT2D eigenvalue weighted by Crippen LogP contribution is -2.06. The van der Waals surface area contributed by atoms with E-state index in [1.165, 1.54) is 18.2 Å². The van der Waals surface area contributed by atoms with Gasteiger partial charge in [0.15, 0.2) is 0 Å². The first-order chi connectivity index (χ1) is 9.10. The van der Waals surface area contributed by atoms with E-state index in [2.05, 4.69) is 20.6 Å². The minimum absolute atomic E-state index is 0.219. The first-order valence-corrected chi connectivity index (χ1v) is 5.90.